The molecule has 0 saturated heterocycles. The lowest BCUT2D eigenvalue weighted by atomic mass is 9.85. The van der Waals surface area contributed by atoms with E-state index in [0.717, 1.165) is 4.47 Å². The average Bonchev–Trinajstić information content (AvgIpc) is 3.27. The van der Waals surface area contributed by atoms with Gasteiger partial charge in [-0.15, -0.1) is 0 Å². The van der Waals surface area contributed by atoms with Crippen molar-refractivity contribution in [3.05, 3.63) is 46.3 Å². The van der Waals surface area contributed by atoms with Gasteiger partial charge in [0.25, 0.3) is 5.91 Å². The lowest BCUT2D eigenvalue weighted by molar-refractivity contribution is 0.0593. The molecule has 10 heteroatoms. The summed E-state index contributed by atoms with van der Waals surface area (Å²) in [5.74, 6) is -0.810. The van der Waals surface area contributed by atoms with Crippen molar-refractivity contribution < 1.29 is 18.7 Å². The van der Waals surface area contributed by atoms with Crippen LogP contribution in [0.4, 0.5) is 5.69 Å². The predicted octanol–water partition coefficient (Wildman–Crippen LogP) is 2.75. The van der Waals surface area contributed by atoms with E-state index in [0.29, 0.717) is 17.1 Å². The summed E-state index contributed by atoms with van der Waals surface area (Å²) in [6.07, 6.45) is 4.46. The smallest absolute Gasteiger partial charge is 0.360 e. The minimum atomic E-state index is -0.634. The first-order valence-electron chi connectivity index (χ1n) is 8.42. The zero-order chi connectivity index (χ0) is 20.6. The molecule has 1 atom stereocenters. The minimum Gasteiger partial charge on any atom is -0.464 e. The van der Waals surface area contributed by atoms with Crippen LogP contribution < -0.4 is 11.1 Å². The standard InChI is InChI=1S/C18H20BrN5O4/c1-9(18(2,3)17-23-12(8-28-17)16(26)27-4)22-14-11(15(20)25)6-21-24-7-10(19)5-13(14)24/h5-9,22H,1-4H3,(H2,20,25). The van der Waals surface area contributed by atoms with Crippen LogP contribution in [0.5, 0.6) is 0 Å². The Morgan fingerprint density at radius 3 is 2.79 bits per heavy atom. The van der Waals surface area contributed by atoms with Gasteiger partial charge in [-0.2, -0.15) is 5.10 Å². The van der Waals surface area contributed by atoms with Gasteiger partial charge in [0, 0.05) is 16.7 Å². The second-order valence-corrected chi connectivity index (χ2v) is 7.82. The maximum Gasteiger partial charge on any atom is 0.360 e. The van der Waals surface area contributed by atoms with E-state index in [1.54, 1.807) is 10.7 Å². The molecule has 3 aromatic heterocycles. The Morgan fingerprint density at radius 1 is 1.43 bits per heavy atom. The summed E-state index contributed by atoms with van der Waals surface area (Å²) in [6.45, 7) is 5.74. The quantitative estimate of drug-likeness (QED) is 0.554. The molecule has 0 aromatic carbocycles. The number of nitrogens with zero attached hydrogens (tertiary/aromatic N) is 3. The SMILES string of the molecule is COC(=O)c1coc(C(C)(C)C(C)Nc2c(C(N)=O)cnn3cc(Br)cc23)n1. The number of aromatic nitrogens is 3. The fourth-order valence-electron chi connectivity index (χ4n) is 2.71. The first kappa shape index (κ1) is 19.9. The maximum absolute atomic E-state index is 11.9. The van der Waals surface area contributed by atoms with Crippen molar-refractivity contribution in [2.45, 2.75) is 32.2 Å². The number of oxazole rings is 1. The summed E-state index contributed by atoms with van der Waals surface area (Å²) < 4.78 is 12.6. The Hall–Kier alpha value is -2.88. The van der Waals surface area contributed by atoms with Crippen LogP contribution in [-0.2, 0) is 10.2 Å². The van der Waals surface area contributed by atoms with Crippen molar-refractivity contribution in [2.24, 2.45) is 5.73 Å². The molecule has 0 aliphatic carbocycles. The van der Waals surface area contributed by atoms with Crippen LogP contribution in [0.15, 0.2) is 33.6 Å². The van der Waals surface area contributed by atoms with E-state index in [1.165, 1.54) is 19.6 Å². The van der Waals surface area contributed by atoms with Gasteiger partial charge in [-0.05, 0) is 42.8 Å². The molecule has 0 radical (unpaired) electrons. The van der Waals surface area contributed by atoms with E-state index in [2.05, 4.69) is 36.1 Å². The topological polar surface area (TPSA) is 125 Å². The molecule has 28 heavy (non-hydrogen) atoms. The number of halogens is 1. The first-order chi connectivity index (χ1) is 13.1. The molecule has 3 N–H and O–H groups in total. The largest absolute Gasteiger partial charge is 0.464 e. The van der Waals surface area contributed by atoms with Crippen LogP contribution in [0.3, 0.4) is 0 Å². The van der Waals surface area contributed by atoms with E-state index in [-0.39, 0.29) is 17.3 Å². The molecule has 1 amide bonds. The van der Waals surface area contributed by atoms with Gasteiger partial charge < -0.3 is 20.2 Å². The Bertz CT molecular complexity index is 1060. The predicted molar refractivity (Wildman–Crippen MR) is 105 cm³/mol. The lowest BCUT2D eigenvalue weighted by Gasteiger charge is -2.30. The lowest BCUT2D eigenvalue weighted by Crippen LogP contribution is -2.38. The zero-order valence-electron chi connectivity index (χ0n) is 15.8. The molecule has 0 fully saturated rings. The van der Waals surface area contributed by atoms with Gasteiger partial charge in [0.15, 0.2) is 5.69 Å². The van der Waals surface area contributed by atoms with Crippen molar-refractivity contribution in [1.82, 2.24) is 14.6 Å². The van der Waals surface area contributed by atoms with Crippen LogP contribution >= 0.6 is 15.9 Å². The third-order valence-corrected chi connectivity index (χ3v) is 5.20. The molecule has 0 spiro atoms. The van der Waals surface area contributed by atoms with Crippen LogP contribution in [0.25, 0.3) is 5.52 Å². The number of methoxy groups -OCH3 is 1. The Labute approximate surface area is 169 Å². The highest BCUT2D eigenvalue weighted by Gasteiger charge is 2.35. The number of carbonyl (C=O) groups excluding carboxylic acids is 2. The third-order valence-electron chi connectivity index (χ3n) is 4.76. The average molecular weight is 450 g/mol. The van der Waals surface area contributed by atoms with E-state index in [4.69, 9.17) is 10.2 Å². The number of hydrogen-bond acceptors (Lipinski definition) is 7. The second kappa shape index (κ2) is 7.27. The maximum atomic E-state index is 11.9. The fraction of sp³-hybridized carbons (Fsp3) is 0.333. The van der Waals surface area contributed by atoms with Crippen molar-refractivity contribution in [3.63, 3.8) is 0 Å². The number of primary amides is 1. The summed E-state index contributed by atoms with van der Waals surface area (Å²) >= 11 is 3.41. The number of ether oxygens (including phenoxy) is 1. The van der Waals surface area contributed by atoms with Crippen LogP contribution in [0.1, 0.15) is 47.5 Å². The fourth-order valence-corrected chi connectivity index (χ4v) is 3.12. The number of amides is 1. The molecule has 0 aliphatic rings. The Kier molecular flexibility index (Phi) is 5.16. The van der Waals surface area contributed by atoms with Gasteiger partial charge in [0.05, 0.1) is 35.5 Å². The summed E-state index contributed by atoms with van der Waals surface area (Å²) in [4.78, 5) is 27.8. The van der Waals surface area contributed by atoms with Crippen molar-refractivity contribution in [2.75, 3.05) is 12.4 Å². The number of anilines is 1. The Morgan fingerprint density at radius 2 is 2.14 bits per heavy atom. The summed E-state index contributed by atoms with van der Waals surface area (Å²) in [7, 11) is 1.28. The highest BCUT2D eigenvalue weighted by Crippen LogP contribution is 2.32. The molecule has 3 aromatic rings. The Balaban J connectivity index is 1.98. The molecule has 0 aliphatic heterocycles. The van der Waals surface area contributed by atoms with E-state index in [9.17, 15) is 9.59 Å². The number of nitrogens with two attached hydrogens (primary N) is 1. The molecule has 3 rings (SSSR count). The van der Waals surface area contributed by atoms with Crippen LogP contribution in [0.2, 0.25) is 0 Å². The number of fused-ring (bicyclic) bond motifs is 1. The molecular formula is C18H20BrN5O4. The van der Waals surface area contributed by atoms with Gasteiger partial charge in [-0.25, -0.2) is 14.3 Å². The normalized spacial score (nSPS) is 12.8. The molecule has 148 valence electrons. The van der Waals surface area contributed by atoms with Crippen molar-refractivity contribution in [1.29, 1.82) is 0 Å². The highest BCUT2D eigenvalue weighted by molar-refractivity contribution is 9.10. The van der Waals surface area contributed by atoms with Crippen LogP contribution in [0, 0.1) is 0 Å². The van der Waals surface area contributed by atoms with E-state index < -0.39 is 17.3 Å². The highest BCUT2D eigenvalue weighted by atomic mass is 79.9. The first-order valence-corrected chi connectivity index (χ1v) is 9.22. The molecule has 1 unspecified atom stereocenters. The number of esters is 1. The molecule has 0 saturated carbocycles. The number of carbonyl (C=O) groups is 2. The summed E-state index contributed by atoms with van der Waals surface area (Å²) in [6, 6.07) is 1.58. The number of rotatable bonds is 6. The summed E-state index contributed by atoms with van der Waals surface area (Å²) in [5, 5.41) is 7.55. The van der Waals surface area contributed by atoms with Gasteiger partial charge in [-0.3, -0.25) is 4.79 Å². The number of nitrogens with one attached hydrogen (secondary N) is 1. The summed E-state index contributed by atoms with van der Waals surface area (Å²) in [5.41, 5.74) is 6.50. The van der Waals surface area contributed by atoms with Gasteiger partial charge in [-0.1, -0.05) is 0 Å². The van der Waals surface area contributed by atoms with Gasteiger partial charge >= 0.3 is 5.97 Å². The monoisotopic (exact) mass is 449 g/mol. The molecular weight excluding hydrogens is 430 g/mol. The van der Waals surface area contributed by atoms with Gasteiger partial charge in [0.1, 0.15) is 6.26 Å². The molecule has 3 heterocycles. The molecule has 9 nitrogen and oxygen atoms in total. The number of hydrogen-bond donors (Lipinski definition) is 2. The van der Waals surface area contributed by atoms with Gasteiger partial charge in [0.2, 0.25) is 5.89 Å². The third kappa shape index (κ3) is 3.47. The minimum absolute atomic E-state index is 0.0948. The van der Waals surface area contributed by atoms with E-state index >= 15 is 0 Å². The van der Waals surface area contributed by atoms with Crippen molar-refractivity contribution in [3.8, 4) is 0 Å². The molecule has 0 bridgehead atoms. The van der Waals surface area contributed by atoms with Crippen molar-refractivity contribution >= 4 is 39.0 Å². The van der Waals surface area contributed by atoms with Crippen LogP contribution in [-0.4, -0.2) is 39.6 Å². The van der Waals surface area contributed by atoms with E-state index in [1.807, 2.05) is 26.8 Å². The second-order valence-electron chi connectivity index (χ2n) is 6.90. The zero-order valence-corrected chi connectivity index (χ0v) is 17.4.